The predicted molar refractivity (Wildman–Crippen MR) is 68.8 cm³/mol. The van der Waals surface area contributed by atoms with E-state index >= 15 is 0 Å². The number of carbonyl (C=O) groups is 1. The molecule has 0 heterocycles. The van der Waals surface area contributed by atoms with Crippen molar-refractivity contribution in [1.82, 2.24) is 0 Å². The lowest BCUT2D eigenvalue weighted by Gasteiger charge is -2.08. The summed E-state index contributed by atoms with van der Waals surface area (Å²) in [5.41, 5.74) is 1.20. The van der Waals surface area contributed by atoms with Crippen LogP contribution in [0.25, 0.3) is 0 Å². The van der Waals surface area contributed by atoms with Crippen molar-refractivity contribution in [2.45, 2.75) is 6.42 Å². The van der Waals surface area contributed by atoms with Gasteiger partial charge in [-0.05, 0) is 24.3 Å². The number of anilines is 1. The minimum absolute atomic E-state index is 0.298. The smallest absolute Gasteiger partial charge is 0.151 e. The summed E-state index contributed by atoms with van der Waals surface area (Å²) in [7, 11) is 0. The normalized spacial score (nSPS) is 10.1. The molecule has 1 aromatic carbocycles. The highest BCUT2D eigenvalue weighted by Crippen LogP contribution is 2.28. The molecule has 2 nitrogen and oxygen atoms in total. The molecule has 0 bridgehead atoms. The maximum absolute atomic E-state index is 10.7. The Morgan fingerprint density at radius 1 is 1.40 bits per heavy atom. The van der Waals surface area contributed by atoms with Crippen LogP contribution < -0.4 is 5.32 Å². The minimum atomic E-state index is 0.298. The Balaban J connectivity index is 2.81. The number of hydrogen-bond donors (Lipinski definition) is 2. The van der Waals surface area contributed by atoms with Crippen molar-refractivity contribution in [3.63, 3.8) is 0 Å². The summed E-state index contributed by atoms with van der Waals surface area (Å²) >= 11 is 15.8. The SMILES string of the molecule is O=Cc1cc(NCCCS)cc(Cl)c1Cl. The highest BCUT2D eigenvalue weighted by molar-refractivity contribution is 7.80. The quantitative estimate of drug-likeness (QED) is 0.484. The van der Waals surface area contributed by atoms with Gasteiger partial charge >= 0.3 is 0 Å². The Bertz CT molecular complexity index is 358. The van der Waals surface area contributed by atoms with E-state index in [0.29, 0.717) is 21.9 Å². The molecule has 0 aliphatic heterocycles. The average Bonchev–Trinajstić information content (AvgIpc) is 2.23. The van der Waals surface area contributed by atoms with Crippen molar-refractivity contribution in [2.75, 3.05) is 17.6 Å². The number of hydrogen-bond acceptors (Lipinski definition) is 3. The maximum atomic E-state index is 10.7. The molecule has 0 unspecified atom stereocenters. The van der Waals surface area contributed by atoms with E-state index in [4.69, 9.17) is 23.2 Å². The van der Waals surface area contributed by atoms with Gasteiger partial charge in [-0.2, -0.15) is 12.6 Å². The zero-order valence-corrected chi connectivity index (χ0v) is 10.4. The van der Waals surface area contributed by atoms with Gasteiger partial charge in [0.15, 0.2) is 6.29 Å². The van der Waals surface area contributed by atoms with Crippen LogP contribution in [0.3, 0.4) is 0 Å². The summed E-state index contributed by atoms with van der Waals surface area (Å²) in [6.07, 6.45) is 1.64. The zero-order valence-electron chi connectivity index (χ0n) is 7.96. The summed E-state index contributed by atoms with van der Waals surface area (Å²) in [6, 6.07) is 3.38. The second-order valence-electron chi connectivity index (χ2n) is 2.98. The van der Waals surface area contributed by atoms with Crippen LogP contribution in [0, 0.1) is 0 Å². The van der Waals surface area contributed by atoms with Gasteiger partial charge in [0.1, 0.15) is 0 Å². The van der Waals surface area contributed by atoms with E-state index in [9.17, 15) is 4.79 Å². The van der Waals surface area contributed by atoms with E-state index in [1.54, 1.807) is 12.1 Å². The number of halogens is 2. The van der Waals surface area contributed by atoms with Crippen LogP contribution in [0.2, 0.25) is 10.0 Å². The molecule has 0 spiro atoms. The number of carbonyl (C=O) groups excluding carboxylic acids is 1. The lowest BCUT2D eigenvalue weighted by Crippen LogP contribution is -2.02. The van der Waals surface area contributed by atoms with Crippen LogP contribution in [0.5, 0.6) is 0 Å². The molecule has 0 atom stereocenters. The third kappa shape index (κ3) is 3.59. The molecule has 82 valence electrons. The average molecular weight is 264 g/mol. The van der Waals surface area contributed by atoms with Crippen molar-refractivity contribution in [1.29, 1.82) is 0 Å². The van der Waals surface area contributed by atoms with Crippen molar-refractivity contribution < 1.29 is 4.79 Å². The van der Waals surface area contributed by atoms with Gasteiger partial charge in [0.25, 0.3) is 0 Å². The van der Waals surface area contributed by atoms with E-state index < -0.39 is 0 Å². The van der Waals surface area contributed by atoms with Gasteiger partial charge in [0, 0.05) is 17.8 Å². The number of nitrogens with one attached hydrogen (secondary N) is 1. The van der Waals surface area contributed by atoms with E-state index in [-0.39, 0.29) is 0 Å². The first-order valence-corrected chi connectivity index (χ1v) is 5.87. The molecule has 0 aromatic heterocycles. The Morgan fingerprint density at radius 2 is 2.13 bits per heavy atom. The summed E-state index contributed by atoms with van der Waals surface area (Å²) in [6.45, 7) is 0.791. The van der Waals surface area contributed by atoms with Gasteiger partial charge in [-0.1, -0.05) is 23.2 Å². The van der Waals surface area contributed by atoms with Gasteiger partial charge in [0.05, 0.1) is 10.0 Å². The molecule has 0 aliphatic rings. The third-order valence-corrected chi connectivity index (χ3v) is 2.98. The molecule has 0 amide bonds. The fourth-order valence-corrected chi connectivity index (χ4v) is 1.65. The lowest BCUT2D eigenvalue weighted by molar-refractivity contribution is 0.112. The molecule has 15 heavy (non-hydrogen) atoms. The summed E-state index contributed by atoms with van der Waals surface area (Å²) < 4.78 is 0. The first kappa shape index (κ1) is 12.7. The molecule has 0 aliphatic carbocycles. The molecule has 0 radical (unpaired) electrons. The highest BCUT2D eigenvalue weighted by Gasteiger charge is 2.06. The molecule has 0 saturated heterocycles. The second-order valence-corrected chi connectivity index (χ2v) is 4.22. The number of thiol groups is 1. The molecular formula is C10H11Cl2NOS. The molecule has 1 rings (SSSR count). The van der Waals surface area contributed by atoms with Crippen molar-refractivity contribution in [2.24, 2.45) is 0 Å². The van der Waals surface area contributed by atoms with Crippen LogP contribution in [0.15, 0.2) is 12.1 Å². The largest absolute Gasteiger partial charge is 0.385 e. The molecule has 1 N–H and O–H groups in total. The van der Waals surface area contributed by atoms with E-state index in [0.717, 1.165) is 24.4 Å². The zero-order chi connectivity index (χ0) is 11.3. The molecule has 5 heteroatoms. The monoisotopic (exact) mass is 263 g/mol. The second kappa shape index (κ2) is 6.26. The van der Waals surface area contributed by atoms with Crippen LogP contribution in [-0.4, -0.2) is 18.6 Å². The van der Waals surface area contributed by atoms with Gasteiger partial charge in [-0.3, -0.25) is 4.79 Å². The molecule has 1 aromatic rings. The van der Waals surface area contributed by atoms with Gasteiger partial charge in [-0.25, -0.2) is 0 Å². The van der Waals surface area contributed by atoms with Crippen molar-refractivity contribution in [3.8, 4) is 0 Å². The fourth-order valence-electron chi connectivity index (χ4n) is 1.11. The number of benzene rings is 1. The fraction of sp³-hybridized carbons (Fsp3) is 0.300. The number of rotatable bonds is 5. The van der Waals surface area contributed by atoms with E-state index in [2.05, 4.69) is 17.9 Å². The Morgan fingerprint density at radius 3 is 2.73 bits per heavy atom. The highest BCUT2D eigenvalue weighted by atomic mass is 35.5. The van der Waals surface area contributed by atoms with Gasteiger partial charge < -0.3 is 5.32 Å². The summed E-state index contributed by atoms with van der Waals surface area (Å²) in [5, 5.41) is 3.82. The van der Waals surface area contributed by atoms with Crippen molar-refractivity contribution >= 4 is 47.8 Å². The molecular weight excluding hydrogens is 253 g/mol. The topological polar surface area (TPSA) is 29.1 Å². The summed E-state index contributed by atoms with van der Waals surface area (Å²) in [5.74, 6) is 0.814. The lowest BCUT2D eigenvalue weighted by atomic mass is 10.2. The summed E-state index contributed by atoms with van der Waals surface area (Å²) in [4.78, 5) is 10.7. The minimum Gasteiger partial charge on any atom is -0.385 e. The van der Waals surface area contributed by atoms with E-state index in [1.165, 1.54) is 0 Å². The van der Waals surface area contributed by atoms with Crippen LogP contribution in [0.4, 0.5) is 5.69 Å². The van der Waals surface area contributed by atoms with Crippen LogP contribution in [-0.2, 0) is 0 Å². The van der Waals surface area contributed by atoms with Gasteiger partial charge in [0.2, 0.25) is 0 Å². The Hall–Kier alpha value is -0.380. The Labute approximate surface area is 104 Å². The van der Waals surface area contributed by atoms with Gasteiger partial charge in [-0.15, -0.1) is 0 Å². The first-order valence-electron chi connectivity index (χ1n) is 4.48. The predicted octanol–water partition coefficient (Wildman–Crippen LogP) is 3.54. The van der Waals surface area contributed by atoms with Crippen molar-refractivity contribution in [3.05, 3.63) is 27.7 Å². The van der Waals surface area contributed by atoms with Crippen LogP contribution in [0.1, 0.15) is 16.8 Å². The molecule has 0 fully saturated rings. The Kier molecular flexibility index (Phi) is 5.29. The molecule has 0 saturated carbocycles. The first-order chi connectivity index (χ1) is 7.19. The standard InChI is InChI=1S/C10H11Cl2NOS/c11-9-5-8(13-2-1-3-15)4-7(6-14)10(9)12/h4-6,13,15H,1-3H2. The van der Waals surface area contributed by atoms with E-state index in [1.807, 2.05) is 0 Å². The maximum Gasteiger partial charge on any atom is 0.151 e. The number of aldehydes is 1. The van der Waals surface area contributed by atoms with Crippen LogP contribution >= 0.6 is 35.8 Å². The third-order valence-electron chi connectivity index (χ3n) is 1.85.